The quantitative estimate of drug-likeness (QED) is 0.749. The number of carbonyl (C=O) groups is 1. The lowest BCUT2D eigenvalue weighted by Crippen LogP contribution is -2.24. The lowest BCUT2D eigenvalue weighted by Gasteiger charge is -2.03. The van der Waals surface area contributed by atoms with Gasteiger partial charge in [0.15, 0.2) is 10.7 Å². The summed E-state index contributed by atoms with van der Waals surface area (Å²) >= 11 is 0. The van der Waals surface area contributed by atoms with Crippen LogP contribution in [0.3, 0.4) is 0 Å². The lowest BCUT2D eigenvalue weighted by atomic mass is 10.4. The summed E-state index contributed by atoms with van der Waals surface area (Å²) in [5.74, 6) is -0.681. The Hall–Kier alpha value is -2.26. The fourth-order valence-corrected chi connectivity index (χ4v) is 2.43. The minimum Gasteiger partial charge on any atom is -0.461 e. The van der Waals surface area contributed by atoms with Crippen LogP contribution < -0.4 is 4.72 Å². The second-order valence-electron chi connectivity index (χ2n) is 3.98. The van der Waals surface area contributed by atoms with Gasteiger partial charge in [-0.1, -0.05) is 6.07 Å². The normalized spacial score (nSPS) is 11.3. The zero-order valence-electron chi connectivity index (χ0n) is 11.2. The number of H-pyrrole nitrogens is 1. The predicted octanol–water partition coefficient (Wildman–Crippen LogP) is 0.460. The van der Waals surface area contributed by atoms with Gasteiger partial charge < -0.3 is 4.74 Å². The number of nitrogens with zero attached hydrogens (tertiary/aromatic N) is 2. The van der Waals surface area contributed by atoms with Gasteiger partial charge in [-0.2, -0.15) is 5.10 Å². The zero-order valence-corrected chi connectivity index (χ0v) is 12.1. The van der Waals surface area contributed by atoms with Crippen LogP contribution in [0.25, 0.3) is 0 Å². The van der Waals surface area contributed by atoms with Crippen molar-refractivity contribution in [3.05, 3.63) is 41.9 Å². The van der Waals surface area contributed by atoms with Crippen LogP contribution in [0.1, 0.15) is 23.1 Å². The average Bonchev–Trinajstić information content (AvgIpc) is 2.97. The highest BCUT2D eigenvalue weighted by molar-refractivity contribution is 7.89. The number of esters is 1. The number of carbonyl (C=O) groups excluding carboxylic acids is 1. The van der Waals surface area contributed by atoms with Gasteiger partial charge in [0.2, 0.25) is 0 Å². The molecule has 2 aromatic rings. The highest BCUT2D eigenvalue weighted by Crippen LogP contribution is 2.08. The van der Waals surface area contributed by atoms with E-state index in [0.717, 1.165) is 6.07 Å². The summed E-state index contributed by atoms with van der Waals surface area (Å²) in [6.45, 7) is 1.87. The molecule has 0 aliphatic heterocycles. The van der Waals surface area contributed by atoms with Crippen molar-refractivity contribution in [2.75, 3.05) is 6.61 Å². The van der Waals surface area contributed by atoms with E-state index in [1.165, 1.54) is 0 Å². The molecule has 21 heavy (non-hydrogen) atoms. The van der Waals surface area contributed by atoms with Crippen molar-refractivity contribution < 1.29 is 17.9 Å². The van der Waals surface area contributed by atoms with Gasteiger partial charge in [0.25, 0.3) is 10.0 Å². The van der Waals surface area contributed by atoms with Crippen LogP contribution >= 0.6 is 0 Å². The van der Waals surface area contributed by atoms with E-state index in [2.05, 4.69) is 19.9 Å². The minimum atomic E-state index is -3.80. The van der Waals surface area contributed by atoms with Gasteiger partial charge in [0, 0.05) is 12.3 Å². The standard InChI is InChI=1S/C12H14N4O4S/c1-2-20-12(17)10-7-11(16-15-10)21(18,19)14-8-9-5-3-4-6-13-9/h3-7,14H,2,8H2,1H3,(H,15,16). The van der Waals surface area contributed by atoms with Crippen LogP contribution in [0.2, 0.25) is 0 Å². The van der Waals surface area contributed by atoms with Gasteiger partial charge in [-0.3, -0.25) is 10.1 Å². The molecule has 8 nitrogen and oxygen atoms in total. The topological polar surface area (TPSA) is 114 Å². The molecule has 0 amide bonds. The molecule has 0 atom stereocenters. The Kier molecular flexibility index (Phi) is 4.66. The Bertz CT molecular complexity index is 712. The molecule has 0 saturated heterocycles. The smallest absolute Gasteiger partial charge is 0.358 e. The summed E-state index contributed by atoms with van der Waals surface area (Å²) in [6.07, 6.45) is 1.57. The molecule has 0 aliphatic rings. The van der Waals surface area contributed by atoms with Crippen molar-refractivity contribution in [3.8, 4) is 0 Å². The summed E-state index contributed by atoms with van der Waals surface area (Å²) in [6, 6.07) is 6.31. The minimum absolute atomic E-state index is 0.0386. The number of ether oxygens (including phenoxy) is 1. The lowest BCUT2D eigenvalue weighted by molar-refractivity contribution is 0.0519. The Balaban J connectivity index is 2.08. The van der Waals surface area contributed by atoms with E-state index >= 15 is 0 Å². The molecule has 0 aliphatic carbocycles. The molecule has 2 N–H and O–H groups in total. The van der Waals surface area contributed by atoms with Gasteiger partial charge in [-0.15, -0.1) is 0 Å². The van der Waals surface area contributed by atoms with E-state index in [9.17, 15) is 13.2 Å². The summed E-state index contributed by atoms with van der Waals surface area (Å²) in [4.78, 5) is 15.4. The fraction of sp³-hybridized carbons (Fsp3) is 0.250. The van der Waals surface area contributed by atoms with E-state index in [4.69, 9.17) is 4.74 Å². The Morgan fingerprint density at radius 1 is 1.43 bits per heavy atom. The number of hydrogen-bond acceptors (Lipinski definition) is 6. The van der Waals surface area contributed by atoms with E-state index in [1.807, 2.05) is 0 Å². The van der Waals surface area contributed by atoms with Crippen molar-refractivity contribution in [1.82, 2.24) is 19.9 Å². The van der Waals surface area contributed by atoms with Crippen LogP contribution in [0.4, 0.5) is 0 Å². The summed E-state index contributed by atoms with van der Waals surface area (Å²) in [7, 11) is -3.80. The third-order valence-electron chi connectivity index (χ3n) is 2.50. The Morgan fingerprint density at radius 2 is 2.24 bits per heavy atom. The summed E-state index contributed by atoms with van der Waals surface area (Å²) in [5.41, 5.74) is 0.487. The molecule has 2 aromatic heterocycles. The molecule has 9 heteroatoms. The first-order valence-electron chi connectivity index (χ1n) is 6.15. The monoisotopic (exact) mass is 310 g/mol. The van der Waals surface area contributed by atoms with Crippen LogP contribution in [-0.2, 0) is 21.3 Å². The zero-order chi connectivity index (χ0) is 15.3. The molecule has 0 unspecified atom stereocenters. The number of sulfonamides is 1. The SMILES string of the molecule is CCOC(=O)c1cc(S(=O)(=O)NCc2ccccn2)[nH]n1. The van der Waals surface area contributed by atoms with Crippen LogP contribution in [0.15, 0.2) is 35.5 Å². The second-order valence-corrected chi connectivity index (χ2v) is 5.72. The Morgan fingerprint density at radius 3 is 2.90 bits per heavy atom. The van der Waals surface area contributed by atoms with Crippen LogP contribution in [-0.4, -0.2) is 36.2 Å². The molecular formula is C12H14N4O4S. The first kappa shape index (κ1) is 15.1. The average molecular weight is 310 g/mol. The number of aromatic nitrogens is 3. The molecular weight excluding hydrogens is 296 g/mol. The third kappa shape index (κ3) is 3.86. The molecule has 0 fully saturated rings. The largest absolute Gasteiger partial charge is 0.461 e. The molecule has 2 rings (SSSR count). The van der Waals surface area contributed by atoms with Crippen LogP contribution in [0, 0.1) is 0 Å². The summed E-state index contributed by atoms with van der Waals surface area (Å²) < 4.78 is 31.2. The number of pyridine rings is 1. The first-order chi connectivity index (χ1) is 10.0. The molecule has 0 spiro atoms. The number of aromatic amines is 1. The maximum Gasteiger partial charge on any atom is 0.358 e. The number of rotatable bonds is 6. The highest BCUT2D eigenvalue weighted by Gasteiger charge is 2.20. The van der Waals surface area contributed by atoms with E-state index < -0.39 is 16.0 Å². The molecule has 2 heterocycles. The summed E-state index contributed by atoms with van der Waals surface area (Å²) in [5, 5.41) is 5.71. The van der Waals surface area contributed by atoms with Gasteiger partial charge in [0.05, 0.1) is 18.8 Å². The van der Waals surface area contributed by atoms with Crippen molar-refractivity contribution >= 4 is 16.0 Å². The van der Waals surface area contributed by atoms with Gasteiger partial charge in [-0.05, 0) is 19.1 Å². The second kappa shape index (κ2) is 6.46. The first-order valence-corrected chi connectivity index (χ1v) is 7.63. The maximum absolute atomic E-state index is 12.0. The fourth-order valence-electron chi connectivity index (χ4n) is 1.50. The van der Waals surface area contributed by atoms with E-state index in [1.54, 1.807) is 31.3 Å². The van der Waals surface area contributed by atoms with Crippen molar-refractivity contribution in [2.24, 2.45) is 0 Å². The van der Waals surface area contributed by atoms with Gasteiger partial charge >= 0.3 is 5.97 Å². The maximum atomic E-state index is 12.0. The number of nitrogens with one attached hydrogen (secondary N) is 2. The molecule has 0 aromatic carbocycles. The van der Waals surface area contributed by atoms with Gasteiger partial charge in [0.1, 0.15) is 0 Å². The van der Waals surface area contributed by atoms with E-state index in [-0.39, 0.29) is 23.9 Å². The van der Waals surface area contributed by atoms with E-state index in [0.29, 0.717) is 5.69 Å². The van der Waals surface area contributed by atoms with Crippen molar-refractivity contribution in [2.45, 2.75) is 18.5 Å². The number of hydrogen-bond donors (Lipinski definition) is 2. The third-order valence-corrected chi connectivity index (χ3v) is 3.81. The molecule has 112 valence electrons. The van der Waals surface area contributed by atoms with Crippen molar-refractivity contribution in [1.29, 1.82) is 0 Å². The predicted molar refractivity (Wildman–Crippen MR) is 72.8 cm³/mol. The highest BCUT2D eigenvalue weighted by atomic mass is 32.2. The van der Waals surface area contributed by atoms with Gasteiger partial charge in [-0.25, -0.2) is 17.9 Å². The molecule has 0 radical (unpaired) electrons. The molecule has 0 saturated carbocycles. The Labute approximate surface area is 121 Å². The molecule has 0 bridgehead atoms. The van der Waals surface area contributed by atoms with Crippen LogP contribution in [0.5, 0.6) is 0 Å². The van der Waals surface area contributed by atoms with Crippen molar-refractivity contribution in [3.63, 3.8) is 0 Å².